The summed E-state index contributed by atoms with van der Waals surface area (Å²) in [5.74, 6) is -1.62. The Morgan fingerprint density at radius 2 is 1.37 bits per heavy atom. The Morgan fingerprint density at radius 3 is 1.74 bits per heavy atom. The number of benzene rings is 1. The zero-order valence-corrected chi connectivity index (χ0v) is 11.8. The second-order valence-corrected chi connectivity index (χ2v) is 4.17. The maximum Gasteiger partial charge on any atom is 0.319 e. The summed E-state index contributed by atoms with van der Waals surface area (Å²) >= 11 is 1.83. The second kappa shape index (κ2) is 6.83. The highest BCUT2D eigenvalue weighted by atomic mass is 127. The van der Waals surface area contributed by atoms with E-state index in [2.05, 4.69) is 5.32 Å². The van der Waals surface area contributed by atoms with Crippen molar-refractivity contribution in [1.82, 2.24) is 10.6 Å². The fourth-order valence-corrected chi connectivity index (χ4v) is 1.38. The molecule has 19 heavy (non-hydrogen) atoms. The van der Waals surface area contributed by atoms with Gasteiger partial charge >= 0.3 is 6.03 Å². The average Bonchev–Trinajstić information content (AvgIpc) is 2.37. The number of nitrogens with one attached hydrogen (secondary N) is 2. The van der Waals surface area contributed by atoms with Crippen molar-refractivity contribution in [1.29, 1.82) is 0 Å². The van der Waals surface area contributed by atoms with Gasteiger partial charge in [0.25, 0.3) is 11.8 Å². The average molecular weight is 375 g/mol. The Labute approximate surface area is 122 Å². The molecule has 7 nitrogen and oxygen atoms in total. The Kier molecular flexibility index (Phi) is 5.42. The summed E-state index contributed by atoms with van der Waals surface area (Å²) in [6, 6.07) is 4.47. The van der Waals surface area contributed by atoms with Crippen molar-refractivity contribution in [3.63, 3.8) is 0 Å². The summed E-state index contributed by atoms with van der Waals surface area (Å²) in [7, 11) is 0. The van der Waals surface area contributed by atoms with Crippen molar-refractivity contribution in [2.24, 2.45) is 5.73 Å². The molecule has 0 heterocycles. The van der Waals surface area contributed by atoms with Crippen molar-refractivity contribution in [2.45, 2.75) is 0 Å². The molecule has 1 rings (SSSR count). The molecule has 8 heteroatoms. The molecule has 0 atom stereocenters. The maximum atomic E-state index is 11.6. The van der Waals surface area contributed by atoms with Crippen molar-refractivity contribution in [2.75, 3.05) is 4.43 Å². The van der Waals surface area contributed by atoms with Gasteiger partial charge in [0.15, 0.2) is 0 Å². The van der Waals surface area contributed by atoms with E-state index in [9.17, 15) is 19.2 Å². The number of halogens is 1. The van der Waals surface area contributed by atoms with Crippen LogP contribution in [-0.4, -0.2) is 28.2 Å². The fourth-order valence-electron chi connectivity index (χ4n) is 1.19. The van der Waals surface area contributed by atoms with Crippen LogP contribution in [-0.2, 0) is 4.79 Å². The van der Waals surface area contributed by atoms with Gasteiger partial charge in [-0.25, -0.2) is 4.79 Å². The minimum atomic E-state index is -0.959. The molecule has 0 aromatic heterocycles. The highest BCUT2D eigenvalue weighted by Gasteiger charge is 2.11. The topological polar surface area (TPSA) is 118 Å². The number of carbonyl (C=O) groups excluding carboxylic acids is 4. The molecule has 1 aromatic rings. The summed E-state index contributed by atoms with van der Waals surface area (Å²) in [6.45, 7) is 0. The van der Waals surface area contributed by atoms with Crippen LogP contribution in [0.5, 0.6) is 0 Å². The van der Waals surface area contributed by atoms with E-state index in [1.807, 2.05) is 27.9 Å². The Balaban J connectivity index is 2.76. The third-order valence-corrected chi connectivity index (χ3v) is 2.71. The third-order valence-electron chi connectivity index (χ3n) is 2.02. The van der Waals surface area contributed by atoms with Gasteiger partial charge in [0.2, 0.25) is 5.91 Å². The number of primary amides is 1. The van der Waals surface area contributed by atoms with Crippen LogP contribution < -0.4 is 16.4 Å². The van der Waals surface area contributed by atoms with Gasteiger partial charge < -0.3 is 5.73 Å². The molecule has 0 radical (unpaired) electrons. The predicted molar refractivity (Wildman–Crippen MR) is 74.9 cm³/mol. The molecule has 0 saturated carbocycles. The highest BCUT2D eigenvalue weighted by molar-refractivity contribution is 14.1. The van der Waals surface area contributed by atoms with Gasteiger partial charge in [-0.15, -0.1) is 0 Å². The first-order valence-electron chi connectivity index (χ1n) is 5.05. The first kappa shape index (κ1) is 15.1. The van der Waals surface area contributed by atoms with E-state index in [1.54, 1.807) is 0 Å². The van der Waals surface area contributed by atoms with Gasteiger partial charge in [-0.3, -0.25) is 25.0 Å². The van der Waals surface area contributed by atoms with E-state index >= 15 is 0 Å². The van der Waals surface area contributed by atoms with Crippen molar-refractivity contribution < 1.29 is 19.2 Å². The number of alkyl halides is 1. The second-order valence-electron chi connectivity index (χ2n) is 3.41. The van der Waals surface area contributed by atoms with Crippen LogP contribution in [0.15, 0.2) is 24.3 Å². The highest BCUT2D eigenvalue weighted by Crippen LogP contribution is 2.04. The number of rotatable bonds is 3. The number of hydrogen-bond acceptors (Lipinski definition) is 4. The molecule has 0 aliphatic carbocycles. The lowest BCUT2D eigenvalue weighted by atomic mass is 10.1. The Morgan fingerprint density at radius 1 is 0.947 bits per heavy atom. The van der Waals surface area contributed by atoms with Crippen LogP contribution in [0.4, 0.5) is 4.79 Å². The van der Waals surface area contributed by atoms with Gasteiger partial charge in [0.1, 0.15) is 0 Å². The van der Waals surface area contributed by atoms with Gasteiger partial charge in [0, 0.05) is 11.1 Å². The lowest BCUT2D eigenvalue weighted by molar-refractivity contribution is -0.117. The lowest BCUT2D eigenvalue weighted by Crippen LogP contribution is -2.35. The SMILES string of the molecule is NC(=O)NC(=O)c1ccc(C(=O)NC(=O)CI)cc1. The smallest absolute Gasteiger partial charge is 0.319 e. The van der Waals surface area contributed by atoms with E-state index in [-0.39, 0.29) is 15.6 Å². The van der Waals surface area contributed by atoms with Crippen LogP contribution in [0.25, 0.3) is 0 Å². The zero-order chi connectivity index (χ0) is 14.4. The van der Waals surface area contributed by atoms with Gasteiger partial charge in [-0.1, -0.05) is 22.6 Å². The van der Waals surface area contributed by atoms with Crippen LogP contribution in [0, 0.1) is 0 Å². The number of urea groups is 1. The Bertz CT molecular complexity index is 527. The van der Waals surface area contributed by atoms with Crippen molar-refractivity contribution in [3.05, 3.63) is 35.4 Å². The molecule has 0 bridgehead atoms. The lowest BCUT2D eigenvalue weighted by Gasteiger charge is -2.04. The molecular formula is C11H10IN3O4. The molecule has 0 fully saturated rings. The van der Waals surface area contributed by atoms with Crippen molar-refractivity contribution >= 4 is 46.3 Å². The summed E-state index contributed by atoms with van der Waals surface area (Å²) in [4.78, 5) is 44.5. The number of imide groups is 2. The van der Waals surface area contributed by atoms with Crippen LogP contribution in [0.3, 0.4) is 0 Å². The first-order valence-corrected chi connectivity index (χ1v) is 6.57. The summed E-state index contributed by atoms with van der Waals surface area (Å²) in [5, 5.41) is 4.06. The zero-order valence-electron chi connectivity index (χ0n) is 9.60. The minimum Gasteiger partial charge on any atom is -0.351 e. The largest absolute Gasteiger partial charge is 0.351 e. The van der Waals surface area contributed by atoms with Gasteiger partial charge in [-0.2, -0.15) is 0 Å². The molecule has 5 amide bonds. The molecule has 0 unspecified atom stereocenters. The summed E-state index contributed by atoms with van der Waals surface area (Å²) in [6.07, 6.45) is 0. The van der Waals surface area contributed by atoms with Crippen LogP contribution in [0.2, 0.25) is 0 Å². The van der Waals surface area contributed by atoms with Crippen molar-refractivity contribution in [3.8, 4) is 0 Å². The molecule has 0 aliphatic rings. The van der Waals surface area contributed by atoms with Gasteiger partial charge in [0.05, 0.1) is 4.43 Å². The molecule has 1 aromatic carbocycles. The van der Waals surface area contributed by atoms with E-state index < -0.39 is 23.8 Å². The Hall–Kier alpha value is -1.97. The summed E-state index contributed by atoms with van der Waals surface area (Å²) in [5.41, 5.74) is 5.21. The number of nitrogens with two attached hydrogens (primary N) is 1. The third kappa shape index (κ3) is 4.66. The number of carbonyl (C=O) groups is 4. The van der Waals surface area contributed by atoms with Crippen LogP contribution >= 0.6 is 22.6 Å². The van der Waals surface area contributed by atoms with E-state index in [4.69, 9.17) is 5.73 Å². The molecule has 0 saturated heterocycles. The molecule has 0 aliphatic heterocycles. The minimum absolute atomic E-state index is 0.169. The first-order chi connectivity index (χ1) is 8.93. The normalized spacial score (nSPS) is 9.53. The van der Waals surface area contributed by atoms with E-state index in [1.165, 1.54) is 24.3 Å². The monoisotopic (exact) mass is 375 g/mol. The fraction of sp³-hybridized carbons (Fsp3) is 0.0909. The number of hydrogen-bond donors (Lipinski definition) is 3. The predicted octanol–water partition coefficient (Wildman–Crippen LogP) is 0.186. The van der Waals surface area contributed by atoms with Crippen LogP contribution in [0.1, 0.15) is 20.7 Å². The molecule has 100 valence electrons. The summed E-state index contributed by atoms with van der Waals surface area (Å²) < 4.78 is 0.169. The van der Waals surface area contributed by atoms with E-state index in [0.29, 0.717) is 0 Å². The van der Waals surface area contributed by atoms with E-state index in [0.717, 1.165) is 0 Å². The standard InChI is InChI=1S/C11H10IN3O4/c12-5-8(16)14-9(17)6-1-3-7(4-2-6)10(18)15-11(13)19/h1-4H,5H2,(H,14,16,17)(H3,13,15,18,19). The molecule has 4 N–H and O–H groups in total. The quantitative estimate of drug-likeness (QED) is 0.516. The number of amides is 5. The molecule has 0 spiro atoms. The maximum absolute atomic E-state index is 11.6. The molecular weight excluding hydrogens is 365 g/mol. The van der Waals surface area contributed by atoms with Gasteiger partial charge in [-0.05, 0) is 24.3 Å².